The zero-order valence-electron chi connectivity index (χ0n) is 14.5. The Kier molecular flexibility index (Phi) is 3.99. The van der Waals surface area contributed by atoms with Crippen molar-refractivity contribution in [2.24, 2.45) is 0 Å². The first-order valence-corrected chi connectivity index (χ1v) is 8.72. The molecule has 2 aliphatic heterocycles. The van der Waals surface area contributed by atoms with E-state index in [1.54, 1.807) is 25.6 Å². The molecule has 0 unspecified atom stereocenters. The van der Waals surface area contributed by atoms with Crippen LogP contribution in [-0.4, -0.2) is 31.8 Å². The van der Waals surface area contributed by atoms with Crippen LogP contribution in [0.3, 0.4) is 0 Å². The molecule has 0 bridgehead atoms. The number of ether oxygens (including phenoxy) is 1. The minimum Gasteiger partial charge on any atom is -0.494 e. The number of nitrogens with one attached hydrogen (secondary N) is 1. The first kappa shape index (κ1) is 15.8. The van der Waals surface area contributed by atoms with Crippen molar-refractivity contribution in [3.63, 3.8) is 0 Å². The molecule has 1 N–H and O–H groups in total. The van der Waals surface area contributed by atoms with Gasteiger partial charge in [0.2, 0.25) is 0 Å². The Morgan fingerprint density at radius 1 is 1.32 bits per heavy atom. The van der Waals surface area contributed by atoms with E-state index in [1.165, 1.54) is 12.8 Å². The number of pyridine rings is 1. The standard InChI is InChI=1S/C18H21N5O2/c1-3-13-15-17(23(22-13)11-6-4-5-7-11)20-16(21-18(15)24)12-8-9-19-10-14(12)25-2/h8-11,22H,3-7H2,1-2H3. The van der Waals surface area contributed by atoms with Crippen LogP contribution in [-0.2, 0) is 6.42 Å². The lowest BCUT2D eigenvalue weighted by Crippen LogP contribution is -2.17. The molecule has 0 atom stereocenters. The number of aromatic amines is 1. The molecule has 4 rings (SSSR count). The van der Waals surface area contributed by atoms with Gasteiger partial charge in [-0.3, -0.25) is 19.6 Å². The third kappa shape index (κ3) is 2.59. The van der Waals surface area contributed by atoms with E-state index in [1.807, 2.05) is 6.92 Å². The minimum atomic E-state index is -0.247. The molecule has 25 heavy (non-hydrogen) atoms. The van der Waals surface area contributed by atoms with Crippen LogP contribution in [0.25, 0.3) is 22.8 Å². The molecule has 0 aromatic carbocycles. The Hall–Kier alpha value is -2.70. The first-order chi connectivity index (χ1) is 12.2. The molecule has 7 heteroatoms. The van der Waals surface area contributed by atoms with E-state index in [4.69, 9.17) is 9.72 Å². The van der Waals surface area contributed by atoms with Crippen LogP contribution in [0.15, 0.2) is 23.3 Å². The quantitative estimate of drug-likeness (QED) is 0.790. The lowest BCUT2D eigenvalue weighted by atomic mass is 10.1. The van der Waals surface area contributed by atoms with Gasteiger partial charge in [-0.05, 0) is 25.3 Å². The maximum atomic E-state index is 12.7. The average Bonchev–Trinajstić information content (AvgIpc) is 3.29. The second-order valence-corrected chi connectivity index (χ2v) is 6.38. The van der Waals surface area contributed by atoms with Crippen LogP contribution in [0.5, 0.6) is 5.75 Å². The molecule has 0 spiro atoms. The van der Waals surface area contributed by atoms with Gasteiger partial charge in [-0.1, -0.05) is 19.8 Å². The molecule has 1 saturated carbocycles. The van der Waals surface area contributed by atoms with Crippen LogP contribution in [0.4, 0.5) is 0 Å². The maximum Gasteiger partial charge on any atom is 0.284 e. The van der Waals surface area contributed by atoms with Gasteiger partial charge in [-0.15, -0.1) is 0 Å². The highest BCUT2D eigenvalue weighted by Gasteiger charge is 2.28. The molecule has 0 saturated heterocycles. The van der Waals surface area contributed by atoms with Crippen LogP contribution in [0.1, 0.15) is 44.3 Å². The van der Waals surface area contributed by atoms with Crippen molar-refractivity contribution in [2.45, 2.75) is 45.1 Å². The highest BCUT2D eigenvalue weighted by Crippen LogP contribution is 2.35. The van der Waals surface area contributed by atoms with Gasteiger partial charge in [0.15, 0.2) is 11.6 Å². The lowest BCUT2D eigenvalue weighted by molar-refractivity contribution is 0.414. The van der Waals surface area contributed by atoms with Crippen LogP contribution in [0.2, 0.25) is 0 Å². The molecule has 1 aromatic heterocycles. The molecular weight excluding hydrogens is 318 g/mol. The molecule has 130 valence electrons. The largest absolute Gasteiger partial charge is 0.494 e. The van der Waals surface area contributed by atoms with Gasteiger partial charge < -0.3 is 4.74 Å². The summed E-state index contributed by atoms with van der Waals surface area (Å²) in [6, 6.07) is 2.14. The number of hydrogen-bond acceptors (Lipinski definition) is 5. The Balaban J connectivity index is 1.94. The van der Waals surface area contributed by atoms with E-state index in [2.05, 4.69) is 19.7 Å². The van der Waals surface area contributed by atoms with Gasteiger partial charge in [-0.25, -0.2) is 4.98 Å². The number of fused-ring (bicyclic) bond motifs is 1. The molecular formula is C18H21N5O2. The Bertz CT molecular complexity index is 924. The van der Waals surface area contributed by atoms with Crippen LogP contribution in [0, 0.1) is 0 Å². The first-order valence-electron chi connectivity index (χ1n) is 8.72. The van der Waals surface area contributed by atoms with Gasteiger partial charge in [0.05, 0.1) is 24.9 Å². The number of methoxy groups -OCH3 is 1. The van der Waals surface area contributed by atoms with Crippen molar-refractivity contribution in [2.75, 3.05) is 7.11 Å². The van der Waals surface area contributed by atoms with Crippen molar-refractivity contribution in [3.05, 3.63) is 34.5 Å². The van der Waals surface area contributed by atoms with Crippen molar-refractivity contribution in [3.8, 4) is 28.5 Å². The van der Waals surface area contributed by atoms with Gasteiger partial charge >= 0.3 is 0 Å². The third-order valence-electron chi connectivity index (χ3n) is 4.93. The average molecular weight is 339 g/mol. The monoisotopic (exact) mass is 339 g/mol. The number of nitrogens with zero attached hydrogens (tertiary/aromatic N) is 4. The second kappa shape index (κ2) is 6.31. The highest BCUT2D eigenvalue weighted by atomic mass is 16.5. The van der Waals surface area contributed by atoms with E-state index in [0.717, 1.165) is 25.0 Å². The number of H-pyrrole nitrogens is 1. The van der Waals surface area contributed by atoms with Crippen molar-refractivity contribution >= 4 is 0 Å². The normalized spacial score (nSPS) is 15.1. The third-order valence-corrected chi connectivity index (χ3v) is 4.93. The number of aryl methyl sites for hydroxylation is 1. The fraction of sp³-hybridized carbons (Fsp3) is 0.444. The summed E-state index contributed by atoms with van der Waals surface area (Å²) < 4.78 is 7.42. The van der Waals surface area contributed by atoms with Crippen molar-refractivity contribution < 1.29 is 4.74 Å². The summed E-state index contributed by atoms with van der Waals surface area (Å²) in [6.45, 7) is 2.03. The Morgan fingerprint density at radius 3 is 2.84 bits per heavy atom. The van der Waals surface area contributed by atoms with E-state index in [0.29, 0.717) is 34.6 Å². The number of aromatic nitrogens is 5. The smallest absolute Gasteiger partial charge is 0.284 e. The van der Waals surface area contributed by atoms with Gasteiger partial charge in [0.25, 0.3) is 5.56 Å². The van der Waals surface area contributed by atoms with Crippen molar-refractivity contribution in [1.29, 1.82) is 0 Å². The molecule has 0 radical (unpaired) electrons. The summed E-state index contributed by atoms with van der Waals surface area (Å²) >= 11 is 0. The predicted molar refractivity (Wildman–Crippen MR) is 93.9 cm³/mol. The van der Waals surface area contributed by atoms with E-state index < -0.39 is 0 Å². The fourth-order valence-corrected chi connectivity index (χ4v) is 3.65. The maximum absolute atomic E-state index is 12.7. The highest BCUT2D eigenvalue weighted by molar-refractivity contribution is 5.68. The molecule has 0 amide bonds. The zero-order valence-corrected chi connectivity index (χ0v) is 14.5. The molecule has 3 aliphatic rings. The minimum absolute atomic E-state index is 0.247. The molecule has 7 nitrogen and oxygen atoms in total. The summed E-state index contributed by atoms with van der Waals surface area (Å²) in [4.78, 5) is 25.8. The summed E-state index contributed by atoms with van der Waals surface area (Å²) in [5, 5.41) is 3.40. The van der Waals surface area contributed by atoms with Crippen LogP contribution < -0.4 is 10.3 Å². The lowest BCUT2D eigenvalue weighted by Gasteiger charge is -2.14. The Morgan fingerprint density at radius 2 is 2.12 bits per heavy atom. The second-order valence-electron chi connectivity index (χ2n) is 6.38. The SMILES string of the molecule is CCc1[nH]n(C2CCCC2)c2nc(-c3ccncc3OC)nc(=O)c1-2. The van der Waals surface area contributed by atoms with Crippen molar-refractivity contribution in [1.82, 2.24) is 24.7 Å². The van der Waals surface area contributed by atoms with Crippen LogP contribution >= 0.6 is 0 Å². The molecule has 1 fully saturated rings. The number of hydrogen-bond donors (Lipinski definition) is 1. The Labute approximate surface area is 145 Å². The predicted octanol–water partition coefficient (Wildman–Crippen LogP) is 2.82. The van der Waals surface area contributed by atoms with Gasteiger partial charge in [-0.2, -0.15) is 4.98 Å². The molecule has 1 aliphatic carbocycles. The summed E-state index contributed by atoms with van der Waals surface area (Å²) in [7, 11) is 1.57. The van der Waals surface area contributed by atoms with Gasteiger partial charge in [0.1, 0.15) is 11.3 Å². The summed E-state index contributed by atoms with van der Waals surface area (Å²) in [5.74, 6) is 1.63. The molecule has 3 heterocycles. The van der Waals surface area contributed by atoms with Gasteiger partial charge in [0, 0.05) is 11.9 Å². The molecule has 1 aromatic rings. The summed E-state index contributed by atoms with van der Waals surface area (Å²) in [6.07, 6.45) is 8.63. The zero-order chi connectivity index (χ0) is 17.4. The van der Waals surface area contributed by atoms with E-state index in [9.17, 15) is 4.79 Å². The van der Waals surface area contributed by atoms with E-state index in [-0.39, 0.29) is 5.56 Å². The fourth-order valence-electron chi connectivity index (χ4n) is 3.65. The number of rotatable bonds is 4. The summed E-state index contributed by atoms with van der Waals surface area (Å²) in [5.41, 5.74) is 1.93. The van der Waals surface area contributed by atoms with E-state index >= 15 is 0 Å². The topological polar surface area (TPSA) is 85.7 Å².